The number of hydrogen-bond acceptors (Lipinski definition) is 9. The second-order valence-corrected chi connectivity index (χ2v) is 21.0. The second-order valence-electron chi connectivity index (χ2n) is 21.0. The van der Waals surface area contributed by atoms with Crippen LogP contribution in [0.25, 0.3) is 0 Å². The molecule has 1 unspecified atom stereocenters. The molecule has 5 aliphatic carbocycles. The summed E-state index contributed by atoms with van der Waals surface area (Å²) < 4.78 is 13.1. The fourth-order valence-corrected chi connectivity index (χ4v) is 12.9. The topological polar surface area (TPSA) is 151 Å². The number of carbonyl (C=O) groups excluding carboxylic acids is 3. The standard InChI is InChI=1S/C52H86O9/c1-7-9-11-13-14-15-16-17-18-19-24-28-44(55)60-48-37(4)51(59)41(33-38(35-53)34-50(58)43(51)32-36(3)47(50)57)46-49(5,6)52(46,48)61-45(56)29-25-21-20-23-27-40-39(30-31-42(40)54)26-22-12-10-8-2/h32-33,37,39-43,46,48,53-54,58-59H,7-31,34-35H2,1-6H3/t37-,39+,40-,41+,42?,43-,46-,48-,50-,51-,52-/m1/s1. The number of hydrogen-bond donors (Lipinski definition) is 4. The molecule has 4 N–H and O–H groups in total. The van der Waals surface area contributed by atoms with E-state index in [9.17, 15) is 34.8 Å². The lowest BCUT2D eigenvalue weighted by Gasteiger charge is -2.53. The average Bonchev–Trinajstić information content (AvgIpc) is 3.39. The predicted octanol–water partition coefficient (Wildman–Crippen LogP) is 10.4. The van der Waals surface area contributed by atoms with Crippen LogP contribution in [-0.2, 0) is 23.9 Å². The Hall–Kier alpha value is -2.07. The highest BCUT2D eigenvalue weighted by atomic mass is 16.6. The zero-order chi connectivity index (χ0) is 44.4. The lowest BCUT2D eigenvalue weighted by atomic mass is 9.59. The minimum absolute atomic E-state index is 0.116. The van der Waals surface area contributed by atoms with Gasteiger partial charge in [-0.15, -0.1) is 0 Å². The van der Waals surface area contributed by atoms with Gasteiger partial charge in [-0.2, -0.15) is 0 Å². The van der Waals surface area contributed by atoms with Crippen LogP contribution in [0.15, 0.2) is 23.3 Å². The molecule has 5 rings (SSSR count). The van der Waals surface area contributed by atoms with Gasteiger partial charge in [0.2, 0.25) is 0 Å². The van der Waals surface area contributed by atoms with Gasteiger partial charge in [0.25, 0.3) is 0 Å². The minimum atomic E-state index is -1.96. The molecule has 3 fully saturated rings. The van der Waals surface area contributed by atoms with Gasteiger partial charge in [-0.25, -0.2) is 0 Å². The van der Waals surface area contributed by atoms with E-state index >= 15 is 0 Å². The van der Waals surface area contributed by atoms with E-state index < -0.39 is 63.7 Å². The van der Waals surface area contributed by atoms with E-state index in [1.165, 1.54) is 77.0 Å². The molecule has 0 aromatic carbocycles. The molecular weight excluding hydrogens is 769 g/mol. The number of Topliss-reactive ketones (excluding diaryl/α,β-unsaturated/α-hetero) is 1. The number of aliphatic hydroxyl groups excluding tert-OH is 2. The molecule has 0 spiro atoms. The Morgan fingerprint density at radius 1 is 0.754 bits per heavy atom. The lowest BCUT2D eigenvalue weighted by molar-refractivity contribution is -0.229. The highest BCUT2D eigenvalue weighted by molar-refractivity contribution is 6.04. The van der Waals surface area contributed by atoms with Crippen molar-refractivity contribution in [1.82, 2.24) is 0 Å². The van der Waals surface area contributed by atoms with Crippen LogP contribution >= 0.6 is 0 Å². The van der Waals surface area contributed by atoms with E-state index in [2.05, 4.69) is 13.8 Å². The highest BCUT2D eigenvalue weighted by Gasteiger charge is 2.88. The summed E-state index contributed by atoms with van der Waals surface area (Å²) in [6.45, 7) is 11.5. The molecule has 348 valence electrons. The van der Waals surface area contributed by atoms with Crippen LogP contribution in [0.1, 0.15) is 208 Å². The monoisotopic (exact) mass is 855 g/mol. The SMILES string of the molecule is CCCCCCCCCCCCCC(=O)O[C@@H]1[C@@H](C)[C@@]2(O)[C@@H](C=C(CO)C[C@]3(O)C(=O)C(C)=C[C@@H]23)[C@@H]2C(C)(C)[C@]12OC(=O)CCCCCC[C@H]1C(O)CC[C@@H]1CCCCCC. The van der Waals surface area contributed by atoms with Crippen molar-refractivity contribution in [3.63, 3.8) is 0 Å². The Morgan fingerprint density at radius 3 is 1.90 bits per heavy atom. The van der Waals surface area contributed by atoms with E-state index in [1.807, 2.05) is 19.9 Å². The van der Waals surface area contributed by atoms with E-state index in [-0.39, 0.29) is 37.9 Å². The maximum Gasteiger partial charge on any atom is 0.306 e. The second kappa shape index (κ2) is 22.2. The van der Waals surface area contributed by atoms with Crippen molar-refractivity contribution in [2.45, 2.75) is 237 Å². The van der Waals surface area contributed by atoms with Crippen molar-refractivity contribution in [3.05, 3.63) is 23.3 Å². The first-order valence-electron chi connectivity index (χ1n) is 25.2. The van der Waals surface area contributed by atoms with Gasteiger partial charge in [0, 0.05) is 48.3 Å². The van der Waals surface area contributed by atoms with Crippen LogP contribution in [0, 0.1) is 40.9 Å². The Balaban J connectivity index is 1.24. The lowest BCUT2D eigenvalue weighted by Crippen LogP contribution is -2.66. The van der Waals surface area contributed by atoms with Crippen molar-refractivity contribution < 1.29 is 44.3 Å². The van der Waals surface area contributed by atoms with Crippen molar-refractivity contribution in [3.8, 4) is 0 Å². The van der Waals surface area contributed by atoms with Gasteiger partial charge in [-0.1, -0.05) is 162 Å². The zero-order valence-corrected chi connectivity index (χ0v) is 39.2. The Labute approximate surface area is 369 Å². The van der Waals surface area contributed by atoms with E-state index in [0.717, 1.165) is 57.8 Å². The largest absolute Gasteiger partial charge is 0.458 e. The molecule has 0 radical (unpaired) electrons. The molecule has 3 saturated carbocycles. The van der Waals surface area contributed by atoms with Crippen molar-refractivity contribution in [1.29, 1.82) is 0 Å². The molecule has 9 heteroatoms. The van der Waals surface area contributed by atoms with Gasteiger partial charge < -0.3 is 29.9 Å². The van der Waals surface area contributed by atoms with Crippen molar-refractivity contribution in [2.24, 2.45) is 40.9 Å². The molecule has 9 nitrogen and oxygen atoms in total. The number of carbonyl (C=O) groups is 3. The number of rotatable bonds is 27. The van der Waals surface area contributed by atoms with Gasteiger partial charge in [0.1, 0.15) is 11.7 Å². The fraction of sp³-hybridized carbons (Fsp3) is 0.865. The van der Waals surface area contributed by atoms with Crippen LogP contribution in [-0.4, -0.2) is 73.8 Å². The summed E-state index contributed by atoms with van der Waals surface area (Å²) in [7, 11) is 0. The molecule has 5 aliphatic rings. The molecule has 0 aromatic heterocycles. The molecule has 0 bridgehead atoms. The van der Waals surface area contributed by atoms with E-state index in [4.69, 9.17) is 9.47 Å². The predicted molar refractivity (Wildman–Crippen MR) is 240 cm³/mol. The number of ketones is 1. The first-order valence-corrected chi connectivity index (χ1v) is 25.2. The quantitative estimate of drug-likeness (QED) is 0.0360. The smallest absolute Gasteiger partial charge is 0.306 e. The Morgan fingerprint density at radius 2 is 1.30 bits per heavy atom. The van der Waals surface area contributed by atoms with Gasteiger partial charge in [-0.05, 0) is 62.0 Å². The molecule has 11 atom stereocenters. The number of fused-ring (bicyclic) bond motifs is 5. The fourth-order valence-electron chi connectivity index (χ4n) is 12.9. The van der Waals surface area contributed by atoms with Gasteiger partial charge in [0.15, 0.2) is 11.4 Å². The number of ether oxygens (including phenoxy) is 2. The summed E-state index contributed by atoms with van der Waals surface area (Å²) in [5, 5.41) is 46.5. The first-order chi connectivity index (χ1) is 29.1. The summed E-state index contributed by atoms with van der Waals surface area (Å²) in [6.07, 6.45) is 28.2. The maximum atomic E-state index is 14.0. The van der Waals surface area contributed by atoms with E-state index in [1.54, 1.807) is 19.9 Å². The minimum Gasteiger partial charge on any atom is -0.458 e. The first kappa shape index (κ1) is 49.9. The maximum absolute atomic E-state index is 14.0. The third-order valence-electron chi connectivity index (χ3n) is 16.5. The zero-order valence-electron chi connectivity index (χ0n) is 39.2. The van der Waals surface area contributed by atoms with Crippen LogP contribution in [0.5, 0.6) is 0 Å². The van der Waals surface area contributed by atoms with E-state index in [0.29, 0.717) is 35.8 Å². The summed E-state index contributed by atoms with van der Waals surface area (Å²) in [5.74, 6) is -3.25. The summed E-state index contributed by atoms with van der Waals surface area (Å²) in [4.78, 5) is 41.4. The van der Waals surface area contributed by atoms with Crippen LogP contribution in [0.3, 0.4) is 0 Å². The number of esters is 2. The molecule has 61 heavy (non-hydrogen) atoms. The summed E-state index contributed by atoms with van der Waals surface area (Å²) in [6, 6.07) is 0. The average molecular weight is 855 g/mol. The normalized spacial score (nSPS) is 34.8. The van der Waals surface area contributed by atoms with Crippen LogP contribution in [0.4, 0.5) is 0 Å². The Bertz CT molecular complexity index is 1520. The van der Waals surface area contributed by atoms with Gasteiger partial charge >= 0.3 is 11.9 Å². The van der Waals surface area contributed by atoms with Gasteiger partial charge in [-0.3, -0.25) is 14.4 Å². The third-order valence-corrected chi connectivity index (χ3v) is 16.5. The molecule has 0 saturated heterocycles. The molecule has 0 heterocycles. The van der Waals surface area contributed by atoms with Gasteiger partial charge in [0.05, 0.1) is 18.3 Å². The number of unbranched alkanes of at least 4 members (excludes halogenated alkanes) is 16. The Kier molecular flexibility index (Phi) is 18.2. The number of aliphatic hydroxyl groups is 4. The van der Waals surface area contributed by atoms with Crippen molar-refractivity contribution >= 4 is 17.7 Å². The third kappa shape index (κ3) is 10.7. The summed E-state index contributed by atoms with van der Waals surface area (Å²) in [5.41, 5.74) is -4.85. The van der Waals surface area contributed by atoms with Crippen LogP contribution < -0.4 is 0 Å². The van der Waals surface area contributed by atoms with Crippen LogP contribution in [0.2, 0.25) is 0 Å². The molecule has 0 amide bonds. The molecule has 0 aromatic rings. The molecular formula is C52H86O9. The summed E-state index contributed by atoms with van der Waals surface area (Å²) >= 11 is 0. The van der Waals surface area contributed by atoms with Crippen molar-refractivity contribution in [2.75, 3.05) is 6.61 Å². The highest BCUT2D eigenvalue weighted by Crippen LogP contribution is 2.77. The molecule has 0 aliphatic heterocycles.